The number of nitrogens with zero attached hydrogens (tertiary/aromatic N) is 1. The molecule has 0 bridgehead atoms. The van der Waals surface area contributed by atoms with E-state index in [2.05, 4.69) is 5.16 Å². The van der Waals surface area contributed by atoms with Gasteiger partial charge in [0, 0.05) is 18.4 Å². The van der Waals surface area contributed by atoms with Crippen LogP contribution in [0.2, 0.25) is 0 Å². The summed E-state index contributed by atoms with van der Waals surface area (Å²) in [5.41, 5.74) is 1.48. The molecule has 1 aromatic carbocycles. The summed E-state index contributed by atoms with van der Waals surface area (Å²) in [6.45, 7) is 0. The molecule has 2 aliphatic heterocycles. The van der Waals surface area contributed by atoms with Gasteiger partial charge in [0.15, 0.2) is 17.1 Å². The predicted molar refractivity (Wildman–Crippen MR) is 77.0 cm³/mol. The third-order valence-electron chi connectivity index (χ3n) is 3.77. The molecule has 1 fully saturated rings. The number of methoxy groups -OCH3 is 2. The molecule has 3 rings (SSSR count). The summed E-state index contributed by atoms with van der Waals surface area (Å²) in [4.78, 5) is 5.59. The van der Waals surface area contributed by atoms with Crippen molar-refractivity contribution in [2.45, 2.75) is 18.4 Å². The van der Waals surface area contributed by atoms with E-state index >= 15 is 0 Å². The zero-order valence-corrected chi connectivity index (χ0v) is 12.4. The zero-order chi connectivity index (χ0) is 14.2. The van der Waals surface area contributed by atoms with Crippen molar-refractivity contribution in [1.82, 2.24) is 0 Å². The van der Waals surface area contributed by atoms with Crippen LogP contribution in [0.1, 0.15) is 18.4 Å². The molecule has 0 N–H and O–H groups in total. The van der Waals surface area contributed by atoms with Crippen LogP contribution in [0.3, 0.4) is 0 Å². The normalized spacial score (nSPS) is 28.4. The first-order chi connectivity index (χ1) is 9.65. The summed E-state index contributed by atoms with van der Waals surface area (Å²) >= 11 is -0.777. The molecule has 1 saturated heterocycles. The molecule has 0 aromatic heterocycles. The summed E-state index contributed by atoms with van der Waals surface area (Å²) in [5, 5.41) is 4.19. The van der Waals surface area contributed by atoms with Gasteiger partial charge >= 0.3 is 0 Å². The number of hydrogen-bond acceptors (Lipinski definition) is 5. The molecule has 0 saturated carbocycles. The first-order valence-corrected chi connectivity index (χ1v) is 7.97. The van der Waals surface area contributed by atoms with Gasteiger partial charge in [0.2, 0.25) is 0 Å². The summed E-state index contributed by atoms with van der Waals surface area (Å²) in [6, 6.07) is 5.69. The Balaban J connectivity index is 1.81. The van der Waals surface area contributed by atoms with Crippen molar-refractivity contribution in [2.75, 3.05) is 25.7 Å². The topological polar surface area (TPSA) is 63.1 Å². The standard InChI is InChI=1S/C14H17NO4S/c1-17-12-4-3-10(7-13(12)18-2)11-8-14(19-15-11)5-6-20(16)9-14/h3-4,7H,5-6,8-9H2,1-2H3. The van der Waals surface area contributed by atoms with E-state index in [1.807, 2.05) is 18.2 Å². The summed E-state index contributed by atoms with van der Waals surface area (Å²) in [5.74, 6) is 2.64. The van der Waals surface area contributed by atoms with Crippen LogP contribution in [0.5, 0.6) is 11.5 Å². The maximum absolute atomic E-state index is 11.6. The molecule has 0 amide bonds. The van der Waals surface area contributed by atoms with Crippen molar-refractivity contribution in [3.8, 4) is 11.5 Å². The fraction of sp³-hybridized carbons (Fsp3) is 0.500. The average Bonchev–Trinajstić information content (AvgIpc) is 3.05. The molecule has 0 radical (unpaired) electrons. The second-order valence-corrected chi connectivity index (χ2v) is 6.67. The second-order valence-electron chi connectivity index (χ2n) is 5.10. The maximum Gasteiger partial charge on any atom is 0.191 e. The average molecular weight is 295 g/mol. The Bertz CT molecular complexity index is 548. The van der Waals surface area contributed by atoms with Crippen molar-refractivity contribution in [2.24, 2.45) is 5.16 Å². The minimum Gasteiger partial charge on any atom is -0.616 e. The van der Waals surface area contributed by atoms with Gasteiger partial charge in [-0.05, 0) is 29.4 Å². The Morgan fingerprint density at radius 2 is 2.10 bits per heavy atom. The van der Waals surface area contributed by atoms with Crippen LogP contribution >= 0.6 is 0 Å². The van der Waals surface area contributed by atoms with Gasteiger partial charge in [0.25, 0.3) is 0 Å². The van der Waals surface area contributed by atoms with Crippen LogP contribution in [-0.2, 0) is 16.0 Å². The number of hydrogen-bond donors (Lipinski definition) is 0. The molecule has 20 heavy (non-hydrogen) atoms. The quantitative estimate of drug-likeness (QED) is 0.797. The molecule has 2 atom stereocenters. The molecule has 2 aliphatic rings. The molecular weight excluding hydrogens is 278 g/mol. The Labute approximate surface area is 121 Å². The monoisotopic (exact) mass is 295 g/mol. The van der Waals surface area contributed by atoms with Gasteiger partial charge in [-0.3, -0.25) is 0 Å². The fourth-order valence-corrected chi connectivity index (χ4v) is 4.27. The highest BCUT2D eigenvalue weighted by atomic mass is 32.2. The van der Waals surface area contributed by atoms with Crippen LogP contribution < -0.4 is 9.47 Å². The molecule has 5 nitrogen and oxygen atoms in total. The minimum absolute atomic E-state index is 0.354. The Morgan fingerprint density at radius 1 is 1.30 bits per heavy atom. The van der Waals surface area contributed by atoms with E-state index in [1.54, 1.807) is 14.2 Å². The van der Waals surface area contributed by atoms with E-state index in [0.29, 0.717) is 29.4 Å². The van der Waals surface area contributed by atoms with Crippen molar-refractivity contribution in [1.29, 1.82) is 0 Å². The van der Waals surface area contributed by atoms with Crippen LogP contribution in [0, 0.1) is 0 Å². The van der Waals surface area contributed by atoms with Crippen molar-refractivity contribution in [3.05, 3.63) is 23.8 Å². The Morgan fingerprint density at radius 3 is 2.75 bits per heavy atom. The molecule has 0 aliphatic carbocycles. The fourth-order valence-electron chi connectivity index (χ4n) is 2.64. The molecule has 6 heteroatoms. The first kappa shape index (κ1) is 13.6. The van der Waals surface area contributed by atoms with E-state index in [9.17, 15) is 4.55 Å². The smallest absolute Gasteiger partial charge is 0.191 e. The van der Waals surface area contributed by atoms with E-state index < -0.39 is 11.2 Å². The van der Waals surface area contributed by atoms with Crippen molar-refractivity contribution in [3.63, 3.8) is 0 Å². The number of ether oxygens (including phenoxy) is 2. The third kappa shape index (κ3) is 2.33. The van der Waals surface area contributed by atoms with E-state index in [1.165, 1.54) is 0 Å². The minimum atomic E-state index is -0.777. The molecular formula is C14H17NO4S. The lowest BCUT2D eigenvalue weighted by atomic mass is 9.93. The summed E-state index contributed by atoms with van der Waals surface area (Å²) in [7, 11) is 3.22. The summed E-state index contributed by atoms with van der Waals surface area (Å²) < 4.78 is 22.1. The maximum atomic E-state index is 11.6. The third-order valence-corrected chi connectivity index (χ3v) is 5.27. The van der Waals surface area contributed by atoms with Gasteiger partial charge in [-0.2, -0.15) is 0 Å². The summed E-state index contributed by atoms with van der Waals surface area (Å²) in [6.07, 6.45) is 1.51. The van der Waals surface area contributed by atoms with Crippen LogP contribution in [-0.4, -0.2) is 41.6 Å². The van der Waals surface area contributed by atoms with E-state index in [4.69, 9.17) is 14.3 Å². The predicted octanol–water partition coefficient (Wildman–Crippen LogP) is 1.72. The SMILES string of the molecule is COc1ccc(C2=NOC3(CC[S+]([O-])C3)C2)cc1OC. The van der Waals surface area contributed by atoms with E-state index in [-0.39, 0.29) is 5.60 Å². The van der Waals surface area contributed by atoms with Gasteiger partial charge < -0.3 is 18.9 Å². The highest BCUT2D eigenvalue weighted by Crippen LogP contribution is 2.37. The van der Waals surface area contributed by atoms with Crippen molar-refractivity contribution < 1.29 is 18.9 Å². The highest BCUT2D eigenvalue weighted by Gasteiger charge is 2.49. The van der Waals surface area contributed by atoms with Crippen LogP contribution in [0.25, 0.3) is 0 Å². The van der Waals surface area contributed by atoms with Gasteiger partial charge in [0.1, 0.15) is 11.5 Å². The molecule has 1 aromatic rings. The van der Waals surface area contributed by atoms with Gasteiger partial charge in [-0.15, -0.1) is 0 Å². The largest absolute Gasteiger partial charge is 0.616 e. The van der Waals surface area contributed by atoms with Gasteiger partial charge in [-0.1, -0.05) is 5.16 Å². The lowest BCUT2D eigenvalue weighted by Gasteiger charge is -2.16. The van der Waals surface area contributed by atoms with Gasteiger partial charge in [-0.25, -0.2) is 0 Å². The van der Waals surface area contributed by atoms with Crippen LogP contribution in [0.4, 0.5) is 0 Å². The molecule has 2 heterocycles. The Hall–Kier alpha value is -1.40. The number of oxime groups is 1. The van der Waals surface area contributed by atoms with Gasteiger partial charge in [0.05, 0.1) is 19.9 Å². The van der Waals surface area contributed by atoms with Crippen molar-refractivity contribution >= 4 is 16.9 Å². The number of rotatable bonds is 3. The van der Waals surface area contributed by atoms with Crippen LogP contribution in [0.15, 0.2) is 23.4 Å². The molecule has 1 spiro atoms. The highest BCUT2D eigenvalue weighted by molar-refractivity contribution is 7.91. The zero-order valence-electron chi connectivity index (χ0n) is 11.5. The lowest BCUT2D eigenvalue weighted by Crippen LogP contribution is -2.30. The molecule has 2 unspecified atom stereocenters. The molecule has 108 valence electrons. The lowest BCUT2D eigenvalue weighted by molar-refractivity contribution is 0.00295. The first-order valence-electron chi connectivity index (χ1n) is 6.48. The van der Waals surface area contributed by atoms with E-state index in [0.717, 1.165) is 17.7 Å². The number of benzene rings is 1. The second kappa shape index (κ2) is 5.18. The Kier molecular flexibility index (Phi) is 3.52.